The van der Waals surface area contributed by atoms with E-state index >= 15 is 0 Å². The van der Waals surface area contributed by atoms with Gasteiger partial charge in [-0.15, -0.1) is 0 Å². The van der Waals surface area contributed by atoms with Gasteiger partial charge in [-0.05, 0) is 19.3 Å². The summed E-state index contributed by atoms with van der Waals surface area (Å²) in [5.41, 5.74) is 0. The van der Waals surface area contributed by atoms with Gasteiger partial charge in [0.25, 0.3) is 0 Å². The maximum atomic E-state index is 11.3. The summed E-state index contributed by atoms with van der Waals surface area (Å²) in [4.78, 5) is 11.3. The fourth-order valence-electron chi connectivity index (χ4n) is 2.02. The molecule has 1 aliphatic rings. The lowest BCUT2D eigenvalue weighted by Gasteiger charge is -2.12. The van der Waals surface area contributed by atoms with Crippen LogP contribution in [0.1, 0.15) is 39.0 Å². The smallest absolute Gasteiger partial charge is 0.323 e. The molecule has 78 valence electrons. The van der Waals surface area contributed by atoms with Crippen LogP contribution in [0.15, 0.2) is 0 Å². The van der Waals surface area contributed by atoms with Crippen molar-refractivity contribution in [3.63, 3.8) is 0 Å². The largest absolute Gasteiger partial charge is 0.465 e. The topological polar surface area (TPSA) is 50.1 Å². The molecule has 14 heavy (non-hydrogen) atoms. The molecule has 3 heteroatoms. The van der Waals surface area contributed by atoms with Crippen LogP contribution in [-0.4, -0.2) is 12.6 Å². The lowest BCUT2D eigenvalue weighted by Crippen LogP contribution is -2.18. The van der Waals surface area contributed by atoms with Crippen LogP contribution in [0.25, 0.3) is 0 Å². The summed E-state index contributed by atoms with van der Waals surface area (Å²) >= 11 is 0. The quantitative estimate of drug-likeness (QED) is 0.646. The molecule has 0 saturated heterocycles. The molecular weight excluding hydrogens is 178 g/mol. The maximum Gasteiger partial charge on any atom is 0.323 e. The summed E-state index contributed by atoms with van der Waals surface area (Å²) < 4.78 is 4.84. The van der Waals surface area contributed by atoms with Gasteiger partial charge in [0.15, 0.2) is 0 Å². The predicted molar refractivity (Wildman–Crippen MR) is 52.3 cm³/mol. The molecule has 1 atom stereocenters. The van der Waals surface area contributed by atoms with Gasteiger partial charge in [-0.1, -0.05) is 25.7 Å². The number of hydrogen-bond acceptors (Lipinski definition) is 3. The fraction of sp³-hybridized carbons (Fsp3) is 0.818. The van der Waals surface area contributed by atoms with Crippen LogP contribution < -0.4 is 0 Å². The van der Waals surface area contributed by atoms with Crippen molar-refractivity contribution in [1.82, 2.24) is 0 Å². The molecule has 0 aliphatic heterocycles. The second kappa shape index (κ2) is 5.64. The molecule has 1 rings (SSSR count). The molecular formula is C11H17NO2. The van der Waals surface area contributed by atoms with E-state index in [0.717, 1.165) is 12.8 Å². The highest BCUT2D eigenvalue weighted by atomic mass is 16.5. The second-order valence-corrected chi connectivity index (χ2v) is 3.82. The first-order valence-electron chi connectivity index (χ1n) is 5.34. The number of nitriles is 1. The van der Waals surface area contributed by atoms with Crippen molar-refractivity contribution >= 4 is 5.97 Å². The number of hydrogen-bond donors (Lipinski definition) is 0. The minimum absolute atomic E-state index is 0.345. The first-order chi connectivity index (χ1) is 6.77. The molecule has 0 aromatic rings. The Morgan fingerprint density at radius 2 is 2.21 bits per heavy atom. The van der Waals surface area contributed by atoms with Crippen molar-refractivity contribution in [3.05, 3.63) is 0 Å². The number of carbonyl (C=O) groups excluding carboxylic acids is 1. The van der Waals surface area contributed by atoms with Crippen molar-refractivity contribution < 1.29 is 9.53 Å². The van der Waals surface area contributed by atoms with Crippen LogP contribution in [0.2, 0.25) is 0 Å². The third kappa shape index (κ3) is 3.02. The van der Waals surface area contributed by atoms with E-state index in [0.29, 0.717) is 18.9 Å². The van der Waals surface area contributed by atoms with Gasteiger partial charge < -0.3 is 4.74 Å². The van der Waals surface area contributed by atoms with Gasteiger partial charge in [-0.3, -0.25) is 4.79 Å². The average Bonchev–Trinajstić information content (AvgIpc) is 2.66. The molecule has 0 radical (unpaired) electrons. The van der Waals surface area contributed by atoms with Gasteiger partial charge in [0, 0.05) is 0 Å². The lowest BCUT2D eigenvalue weighted by molar-refractivity contribution is -0.146. The normalized spacial score (nSPS) is 18.9. The van der Waals surface area contributed by atoms with Crippen LogP contribution in [0.4, 0.5) is 0 Å². The van der Waals surface area contributed by atoms with Crippen molar-refractivity contribution in [2.24, 2.45) is 11.8 Å². The summed E-state index contributed by atoms with van der Waals surface area (Å²) in [6.45, 7) is 2.13. The molecule has 0 N–H and O–H groups in total. The van der Waals surface area contributed by atoms with E-state index in [2.05, 4.69) is 0 Å². The monoisotopic (exact) mass is 195 g/mol. The first kappa shape index (κ1) is 11.0. The van der Waals surface area contributed by atoms with Crippen LogP contribution >= 0.6 is 0 Å². The summed E-state index contributed by atoms with van der Waals surface area (Å²) in [6.07, 6.45) is 5.50. The van der Waals surface area contributed by atoms with Gasteiger partial charge >= 0.3 is 5.97 Å². The van der Waals surface area contributed by atoms with Gasteiger partial charge in [0.2, 0.25) is 0 Å². The van der Waals surface area contributed by atoms with E-state index in [1.807, 2.05) is 6.07 Å². The minimum atomic E-state index is -0.543. The lowest BCUT2D eigenvalue weighted by atomic mass is 9.94. The Morgan fingerprint density at radius 3 is 2.71 bits per heavy atom. The van der Waals surface area contributed by atoms with Gasteiger partial charge in [-0.2, -0.15) is 5.26 Å². The Hall–Kier alpha value is -1.04. The Morgan fingerprint density at radius 1 is 1.57 bits per heavy atom. The van der Waals surface area contributed by atoms with Crippen molar-refractivity contribution in [2.75, 3.05) is 6.61 Å². The molecule has 0 spiro atoms. The number of carbonyl (C=O) groups is 1. The molecule has 0 aromatic heterocycles. The van der Waals surface area contributed by atoms with E-state index in [9.17, 15) is 4.79 Å². The van der Waals surface area contributed by atoms with E-state index < -0.39 is 5.92 Å². The molecule has 0 aromatic carbocycles. The highest BCUT2D eigenvalue weighted by Crippen LogP contribution is 2.30. The first-order valence-corrected chi connectivity index (χ1v) is 5.34. The second-order valence-electron chi connectivity index (χ2n) is 3.82. The van der Waals surface area contributed by atoms with Gasteiger partial charge in [-0.25, -0.2) is 0 Å². The Balaban J connectivity index is 2.38. The standard InChI is InChI=1S/C11H17NO2/c1-2-14-11(13)10(8-12)7-9-5-3-4-6-9/h9-10H,2-7H2,1H3. The Kier molecular flexibility index (Phi) is 4.45. The summed E-state index contributed by atoms with van der Waals surface area (Å²) in [5.74, 6) is -0.330. The zero-order chi connectivity index (χ0) is 10.4. The summed E-state index contributed by atoms with van der Waals surface area (Å²) in [5, 5.41) is 8.83. The zero-order valence-corrected chi connectivity index (χ0v) is 8.66. The number of esters is 1. The number of nitrogens with zero attached hydrogens (tertiary/aromatic N) is 1. The van der Waals surface area contributed by atoms with Crippen LogP contribution in [0, 0.1) is 23.2 Å². The molecule has 0 bridgehead atoms. The SMILES string of the molecule is CCOC(=O)C(C#N)CC1CCCC1. The maximum absolute atomic E-state index is 11.3. The highest BCUT2D eigenvalue weighted by Gasteiger charge is 2.25. The molecule has 1 saturated carbocycles. The summed E-state index contributed by atoms with van der Waals surface area (Å²) in [6, 6.07) is 2.04. The third-order valence-electron chi connectivity index (χ3n) is 2.77. The van der Waals surface area contributed by atoms with Gasteiger partial charge in [0.1, 0.15) is 5.92 Å². The molecule has 0 heterocycles. The van der Waals surface area contributed by atoms with E-state index in [-0.39, 0.29) is 5.97 Å². The van der Waals surface area contributed by atoms with Crippen molar-refractivity contribution in [2.45, 2.75) is 39.0 Å². The van der Waals surface area contributed by atoms with E-state index in [1.54, 1.807) is 6.92 Å². The van der Waals surface area contributed by atoms with Crippen LogP contribution in [0.5, 0.6) is 0 Å². The Bertz CT molecular complexity index is 226. The van der Waals surface area contributed by atoms with Gasteiger partial charge in [0.05, 0.1) is 12.7 Å². The van der Waals surface area contributed by atoms with E-state index in [4.69, 9.17) is 10.00 Å². The minimum Gasteiger partial charge on any atom is -0.465 e. The zero-order valence-electron chi connectivity index (χ0n) is 8.66. The van der Waals surface area contributed by atoms with Crippen LogP contribution in [-0.2, 0) is 9.53 Å². The molecule has 1 aliphatic carbocycles. The predicted octanol–water partition coefficient (Wildman–Crippen LogP) is 2.27. The number of rotatable bonds is 4. The third-order valence-corrected chi connectivity index (χ3v) is 2.77. The average molecular weight is 195 g/mol. The highest BCUT2D eigenvalue weighted by molar-refractivity contribution is 5.75. The Labute approximate surface area is 85.1 Å². The molecule has 3 nitrogen and oxygen atoms in total. The van der Waals surface area contributed by atoms with Crippen LogP contribution in [0.3, 0.4) is 0 Å². The fourth-order valence-corrected chi connectivity index (χ4v) is 2.02. The number of ether oxygens (including phenoxy) is 1. The van der Waals surface area contributed by atoms with Crippen molar-refractivity contribution in [3.8, 4) is 6.07 Å². The molecule has 1 unspecified atom stereocenters. The molecule has 1 fully saturated rings. The van der Waals surface area contributed by atoms with Crippen molar-refractivity contribution in [1.29, 1.82) is 5.26 Å². The van der Waals surface area contributed by atoms with E-state index in [1.165, 1.54) is 12.8 Å². The molecule has 0 amide bonds. The summed E-state index contributed by atoms with van der Waals surface area (Å²) in [7, 11) is 0.